The van der Waals surface area contributed by atoms with Crippen molar-refractivity contribution >= 4 is 34.8 Å². The largest absolute Gasteiger partial charge is 0.383 e. The van der Waals surface area contributed by atoms with Crippen LogP contribution in [-0.4, -0.2) is 14.4 Å². The average Bonchev–Trinajstić information content (AvgIpc) is 2.77. The van der Waals surface area contributed by atoms with Crippen LogP contribution in [0.3, 0.4) is 0 Å². The standard InChI is InChI=1S/C13H11ClN4S/c1-8-7-18-6-4-9(11(14)13(18)17-8)19-10-3-2-5-16-12(10)15/h2-7H,1H3,(H2,15,16). The number of nitrogens with zero attached hydrogens (tertiary/aromatic N) is 3. The fraction of sp³-hybridized carbons (Fsp3) is 0.0769. The van der Waals surface area contributed by atoms with Crippen LogP contribution >= 0.6 is 23.4 Å². The molecular formula is C13H11ClN4S. The molecule has 96 valence electrons. The molecule has 3 aromatic heterocycles. The fourth-order valence-electron chi connectivity index (χ4n) is 1.81. The molecule has 0 saturated carbocycles. The van der Waals surface area contributed by atoms with E-state index in [1.54, 1.807) is 6.20 Å². The van der Waals surface area contributed by atoms with Crippen LogP contribution in [-0.2, 0) is 0 Å². The Balaban J connectivity index is 2.06. The second kappa shape index (κ2) is 4.75. The van der Waals surface area contributed by atoms with Gasteiger partial charge in [0, 0.05) is 23.5 Å². The van der Waals surface area contributed by atoms with E-state index >= 15 is 0 Å². The number of nitrogens with two attached hydrogens (primary N) is 1. The summed E-state index contributed by atoms with van der Waals surface area (Å²) in [5, 5.41) is 0.629. The smallest absolute Gasteiger partial charge is 0.156 e. The highest BCUT2D eigenvalue weighted by Crippen LogP contribution is 2.36. The number of rotatable bonds is 2. The van der Waals surface area contributed by atoms with Gasteiger partial charge in [-0.05, 0) is 25.1 Å². The van der Waals surface area contributed by atoms with Gasteiger partial charge in [-0.25, -0.2) is 9.97 Å². The number of nitrogen functional groups attached to an aromatic ring is 1. The van der Waals surface area contributed by atoms with Crippen molar-refractivity contribution in [1.29, 1.82) is 0 Å². The van der Waals surface area contributed by atoms with Gasteiger partial charge in [0.25, 0.3) is 0 Å². The first-order valence-corrected chi connectivity index (χ1v) is 6.87. The molecule has 3 heterocycles. The van der Waals surface area contributed by atoms with Gasteiger partial charge in [-0.1, -0.05) is 23.4 Å². The highest BCUT2D eigenvalue weighted by atomic mass is 35.5. The van der Waals surface area contributed by atoms with Gasteiger partial charge in [0.1, 0.15) is 5.82 Å². The zero-order valence-corrected chi connectivity index (χ0v) is 11.7. The van der Waals surface area contributed by atoms with Gasteiger partial charge in [0.15, 0.2) is 5.65 Å². The molecule has 3 aromatic rings. The molecule has 0 aromatic carbocycles. The third-order valence-corrected chi connectivity index (χ3v) is 4.28. The second-order valence-electron chi connectivity index (χ2n) is 4.10. The van der Waals surface area contributed by atoms with Gasteiger partial charge >= 0.3 is 0 Å². The van der Waals surface area contributed by atoms with Gasteiger partial charge in [-0.3, -0.25) is 0 Å². The van der Waals surface area contributed by atoms with Crippen LogP contribution in [0.5, 0.6) is 0 Å². The molecule has 6 heteroatoms. The van der Waals surface area contributed by atoms with Crippen LogP contribution in [0.25, 0.3) is 5.65 Å². The summed E-state index contributed by atoms with van der Waals surface area (Å²) in [6, 6.07) is 5.72. The third kappa shape index (κ3) is 2.27. The van der Waals surface area contributed by atoms with Gasteiger partial charge in [-0.2, -0.15) is 0 Å². The Morgan fingerprint density at radius 1 is 1.32 bits per heavy atom. The van der Waals surface area contributed by atoms with Crippen LogP contribution in [0.15, 0.2) is 46.6 Å². The van der Waals surface area contributed by atoms with Gasteiger partial charge in [0.2, 0.25) is 0 Å². The van der Waals surface area contributed by atoms with Gasteiger partial charge < -0.3 is 10.1 Å². The van der Waals surface area contributed by atoms with E-state index in [-0.39, 0.29) is 0 Å². The Hall–Kier alpha value is -1.72. The Kier molecular flexibility index (Phi) is 3.08. The van der Waals surface area contributed by atoms with Crippen LogP contribution in [0.2, 0.25) is 5.02 Å². The zero-order chi connectivity index (χ0) is 13.4. The molecule has 0 saturated heterocycles. The minimum absolute atomic E-state index is 0.503. The van der Waals surface area contributed by atoms with E-state index in [1.165, 1.54) is 11.8 Å². The number of pyridine rings is 2. The molecule has 0 aliphatic carbocycles. The monoisotopic (exact) mass is 290 g/mol. The Morgan fingerprint density at radius 2 is 2.16 bits per heavy atom. The van der Waals surface area contributed by atoms with E-state index in [9.17, 15) is 0 Å². The lowest BCUT2D eigenvalue weighted by Gasteiger charge is -2.06. The van der Waals surface area contributed by atoms with Crippen LogP contribution in [0.1, 0.15) is 5.69 Å². The number of hydrogen-bond acceptors (Lipinski definition) is 4. The van der Waals surface area contributed by atoms with E-state index in [0.29, 0.717) is 10.8 Å². The van der Waals surface area contributed by atoms with Crippen molar-refractivity contribution in [1.82, 2.24) is 14.4 Å². The Labute approximate surface area is 119 Å². The van der Waals surface area contributed by atoms with Gasteiger partial charge in [-0.15, -0.1) is 0 Å². The lowest BCUT2D eigenvalue weighted by Crippen LogP contribution is -1.92. The molecule has 0 amide bonds. The van der Waals surface area contributed by atoms with Crippen molar-refractivity contribution < 1.29 is 0 Å². The van der Waals surface area contributed by atoms with E-state index in [2.05, 4.69) is 9.97 Å². The molecule has 0 spiro atoms. The molecule has 4 nitrogen and oxygen atoms in total. The summed E-state index contributed by atoms with van der Waals surface area (Å²) in [5.74, 6) is 0.503. The number of hydrogen-bond donors (Lipinski definition) is 1. The van der Waals surface area contributed by atoms with E-state index < -0.39 is 0 Å². The zero-order valence-electron chi connectivity index (χ0n) is 10.2. The number of halogens is 1. The summed E-state index contributed by atoms with van der Waals surface area (Å²) in [7, 11) is 0. The SMILES string of the molecule is Cc1cn2ccc(Sc3cccnc3N)c(Cl)c2n1. The molecule has 0 fully saturated rings. The summed E-state index contributed by atoms with van der Waals surface area (Å²) in [4.78, 5) is 10.3. The molecule has 19 heavy (non-hydrogen) atoms. The highest BCUT2D eigenvalue weighted by Gasteiger charge is 2.11. The first-order valence-electron chi connectivity index (χ1n) is 5.67. The van der Waals surface area contributed by atoms with Gasteiger partial charge in [0.05, 0.1) is 15.6 Å². The first-order chi connectivity index (χ1) is 9.15. The predicted octanol–water partition coefficient (Wildman–Crippen LogP) is 3.42. The molecule has 0 aliphatic rings. The quantitative estimate of drug-likeness (QED) is 0.785. The molecule has 0 aliphatic heterocycles. The first kappa shape index (κ1) is 12.3. The molecule has 0 atom stereocenters. The van der Waals surface area contributed by atoms with E-state index in [4.69, 9.17) is 17.3 Å². The van der Waals surface area contributed by atoms with Crippen LogP contribution in [0.4, 0.5) is 5.82 Å². The number of imidazole rings is 1. The van der Waals surface area contributed by atoms with Crippen molar-refractivity contribution in [3.63, 3.8) is 0 Å². The topological polar surface area (TPSA) is 56.2 Å². The molecular weight excluding hydrogens is 280 g/mol. The summed E-state index contributed by atoms with van der Waals surface area (Å²) >= 11 is 7.88. The molecule has 2 N–H and O–H groups in total. The molecule has 0 radical (unpaired) electrons. The lowest BCUT2D eigenvalue weighted by atomic mass is 10.4. The Bertz CT molecular complexity index is 753. The number of aryl methyl sites for hydroxylation is 1. The number of aromatic nitrogens is 3. The maximum absolute atomic E-state index is 6.39. The van der Waals surface area contributed by atoms with Crippen LogP contribution < -0.4 is 5.73 Å². The minimum atomic E-state index is 0.503. The maximum Gasteiger partial charge on any atom is 0.156 e. The summed E-state index contributed by atoms with van der Waals surface area (Å²) in [6.45, 7) is 1.94. The average molecular weight is 291 g/mol. The van der Waals surface area contributed by atoms with Crippen molar-refractivity contribution in [2.75, 3.05) is 5.73 Å². The normalized spacial score (nSPS) is 11.1. The van der Waals surface area contributed by atoms with Crippen molar-refractivity contribution in [3.05, 3.63) is 47.5 Å². The van der Waals surface area contributed by atoms with Crippen LogP contribution in [0, 0.1) is 6.92 Å². The molecule has 0 unspecified atom stereocenters. The summed E-state index contributed by atoms with van der Waals surface area (Å²) in [6.07, 6.45) is 5.55. The van der Waals surface area contributed by atoms with Crippen molar-refractivity contribution in [2.45, 2.75) is 16.7 Å². The second-order valence-corrected chi connectivity index (χ2v) is 5.56. The van der Waals surface area contributed by atoms with Crippen molar-refractivity contribution in [3.8, 4) is 0 Å². The maximum atomic E-state index is 6.39. The Morgan fingerprint density at radius 3 is 2.95 bits per heavy atom. The predicted molar refractivity (Wildman–Crippen MR) is 77.7 cm³/mol. The highest BCUT2D eigenvalue weighted by molar-refractivity contribution is 7.99. The molecule has 0 bridgehead atoms. The minimum Gasteiger partial charge on any atom is -0.383 e. The van der Waals surface area contributed by atoms with E-state index in [1.807, 2.05) is 41.9 Å². The fourth-order valence-corrected chi connectivity index (χ4v) is 2.98. The number of fused-ring (bicyclic) bond motifs is 1. The summed E-state index contributed by atoms with van der Waals surface area (Å²) < 4.78 is 1.91. The third-order valence-electron chi connectivity index (χ3n) is 2.67. The summed E-state index contributed by atoms with van der Waals surface area (Å²) in [5.41, 5.74) is 7.53. The van der Waals surface area contributed by atoms with E-state index in [0.717, 1.165) is 21.1 Å². The number of anilines is 1. The molecule has 3 rings (SSSR count). The van der Waals surface area contributed by atoms with Crippen molar-refractivity contribution in [2.24, 2.45) is 0 Å². The lowest BCUT2D eigenvalue weighted by molar-refractivity contribution is 1.15.